The van der Waals surface area contributed by atoms with Crippen LogP contribution in [0.5, 0.6) is 0 Å². The molecule has 2 amide bonds. The Kier molecular flexibility index (Phi) is 10.6. The molecule has 0 aliphatic carbocycles. The van der Waals surface area contributed by atoms with Crippen LogP contribution in [0.1, 0.15) is 34.6 Å². The molecule has 10 nitrogen and oxygen atoms in total. The predicted molar refractivity (Wildman–Crippen MR) is 138 cm³/mol. The zero-order chi connectivity index (χ0) is 25.6. The lowest BCUT2D eigenvalue weighted by Crippen LogP contribution is -2.65. The molecule has 13 heteroatoms. The van der Waals surface area contributed by atoms with Crippen molar-refractivity contribution in [1.82, 2.24) is 20.1 Å². The Bertz CT molecular complexity index is 791. The molecule has 2 rings (SSSR count). The van der Waals surface area contributed by atoms with Gasteiger partial charge in [-0.15, -0.1) is 0 Å². The molecule has 2 aliphatic heterocycles. The van der Waals surface area contributed by atoms with Gasteiger partial charge in [-0.25, -0.2) is 9.59 Å². The van der Waals surface area contributed by atoms with Crippen molar-refractivity contribution in [2.24, 2.45) is 11.8 Å². The van der Waals surface area contributed by atoms with Crippen LogP contribution in [0.2, 0.25) is 18.1 Å². The quantitative estimate of drug-likeness (QED) is 0.181. The highest BCUT2D eigenvalue weighted by Crippen LogP contribution is 2.48. The number of β-lactam (4-membered cyclic amide) rings is 1. The molecular formula is C21H40BN4O6PSi. The average Bonchev–Trinajstić information content (AvgIpc) is 3.03. The molecule has 1 fully saturated rings. The van der Waals surface area contributed by atoms with Crippen molar-refractivity contribution < 1.29 is 28.4 Å². The van der Waals surface area contributed by atoms with Gasteiger partial charge in [0.05, 0.1) is 18.1 Å². The zero-order valence-corrected chi connectivity index (χ0v) is 23.4. The number of carbonyl (C=O) groups excluding carboxylic acids is 2. The Hall–Kier alpha value is -1.46. The maximum Gasteiger partial charge on any atom is 0.404 e. The molecule has 1 saturated heterocycles. The van der Waals surface area contributed by atoms with E-state index >= 15 is 0 Å². The van der Waals surface area contributed by atoms with E-state index in [1.807, 2.05) is 25.8 Å². The lowest BCUT2D eigenvalue weighted by atomic mass is 9.77. The number of hydrogen-bond donors (Lipinski definition) is 3. The fraction of sp³-hybridized carbons (Fsp3) is 0.762. The summed E-state index contributed by atoms with van der Waals surface area (Å²) in [5, 5.41) is 11.2. The van der Waals surface area contributed by atoms with Crippen LogP contribution in [0, 0.1) is 11.8 Å². The summed E-state index contributed by atoms with van der Waals surface area (Å²) in [5.41, 5.74) is 1.18. The first-order valence-corrected chi connectivity index (χ1v) is 15.5. The van der Waals surface area contributed by atoms with Gasteiger partial charge < -0.3 is 34.2 Å². The van der Waals surface area contributed by atoms with E-state index in [0.29, 0.717) is 18.8 Å². The van der Waals surface area contributed by atoms with Gasteiger partial charge in [0.15, 0.2) is 16.3 Å². The third-order valence-electron chi connectivity index (χ3n) is 7.32. The monoisotopic (exact) mass is 514 g/mol. The maximum atomic E-state index is 13.4. The normalized spacial score (nSPS) is 23.4. The molecule has 0 aromatic rings. The van der Waals surface area contributed by atoms with Crippen LogP contribution in [0.15, 0.2) is 11.3 Å². The third kappa shape index (κ3) is 6.02. The third-order valence-corrected chi connectivity index (χ3v) is 12.5. The molecule has 192 valence electrons. The van der Waals surface area contributed by atoms with Crippen molar-refractivity contribution in [2.45, 2.75) is 64.9 Å². The number of rotatable bonds is 14. The van der Waals surface area contributed by atoms with Crippen LogP contribution in [0.4, 0.5) is 4.79 Å². The van der Waals surface area contributed by atoms with Gasteiger partial charge in [-0.3, -0.25) is 4.79 Å². The van der Waals surface area contributed by atoms with E-state index in [0.717, 1.165) is 23.7 Å². The number of fused-ring (bicyclic) bond motifs is 1. The first-order chi connectivity index (χ1) is 16.1. The summed E-state index contributed by atoms with van der Waals surface area (Å²) in [6, 6.07) is 2.89. The van der Waals surface area contributed by atoms with Crippen LogP contribution in [0.25, 0.3) is 0 Å². The molecular weight excluding hydrogens is 474 g/mol. The van der Waals surface area contributed by atoms with Gasteiger partial charge >= 0.3 is 12.1 Å². The van der Waals surface area contributed by atoms with Gasteiger partial charge in [0.25, 0.3) is 0 Å². The molecule has 1 unspecified atom stereocenters. The number of likely N-dealkylation sites (N-methyl/N-ethyl adjacent to an activating group) is 1. The Balaban J connectivity index is 2.25. The lowest BCUT2D eigenvalue weighted by molar-refractivity contribution is -0.161. The van der Waals surface area contributed by atoms with Gasteiger partial charge in [-0.05, 0) is 37.7 Å². The van der Waals surface area contributed by atoms with E-state index in [9.17, 15) is 14.4 Å². The summed E-state index contributed by atoms with van der Waals surface area (Å²) in [7, 11) is 1.47. The van der Waals surface area contributed by atoms with E-state index < -0.39 is 20.4 Å². The molecule has 34 heavy (non-hydrogen) atoms. The fourth-order valence-electron chi connectivity index (χ4n) is 5.17. The number of hydrogen-bond acceptors (Lipinski definition) is 7. The topological polar surface area (TPSA) is 120 Å². The minimum absolute atomic E-state index is 0.0370. The molecule has 0 bridgehead atoms. The van der Waals surface area contributed by atoms with E-state index in [-0.39, 0.29) is 45.4 Å². The Morgan fingerprint density at radius 1 is 1.29 bits per heavy atom. The Morgan fingerprint density at radius 3 is 2.44 bits per heavy atom. The number of carboxylic acid groups (broad SMARTS) is 1. The second kappa shape index (κ2) is 12.5. The second-order valence-electron chi connectivity index (χ2n) is 9.17. The van der Waals surface area contributed by atoms with E-state index in [1.54, 1.807) is 12.9 Å². The van der Waals surface area contributed by atoms with Crippen molar-refractivity contribution in [3.8, 4) is 0 Å². The van der Waals surface area contributed by atoms with E-state index in [1.165, 1.54) is 0 Å². The smallest absolute Gasteiger partial charge is 0.404 e. The van der Waals surface area contributed by atoms with Crippen molar-refractivity contribution in [1.29, 1.82) is 0 Å². The van der Waals surface area contributed by atoms with Crippen molar-refractivity contribution in [2.75, 3.05) is 26.7 Å². The minimum Gasteiger partial charge on any atom is -0.465 e. The van der Waals surface area contributed by atoms with Crippen molar-refractivity contribution in [3.05, 3.63) is 11.3 Å². The predicted octanol–water partition coefficient (Wildman–Crippen LogP) is 1.52. The van der Waals surface area contributed by atoms with Crippen LogP contribution in [0.3, 0.4) is 0 Å². The Morgan fingerprint density at radius 2 is 1.91 bits per heavy atom. The summed E-state index contributed by atoms with van der Waals surface area (Å²) in [6.07, 6.45) is -1.28. The second-order valence-corrected chi connectivity index (χ2v) is 14.8. The van der Waals surface area contributed by atoms with E-state index in [2.05, 4.69) is 31.1 Å². The summed E-state index contributed by atoms with van der Waals surface area (Å²) in [4.78, 5) is 43.5. The van der Waals surface area contributed by atoms with Gasteiger partial charge in [0, 0.05) is 25.6 Å². The number of amides is 2. The molecule has 0 saturated carbocycles. The highest BCUT2D eigenvalue weighted by atomic mass is 31.1. The SMILES string of the molecule is BNPOC(=O)C1=C(CN(C)CCNC(=O)O)[C@H](C)[C@@H]2[C@@H]([C@@H](C)O[Si](CC)(CC)CC)C(=O)N12. The summed E-state index contributed by atoms with van der Waals surface area (Å²) in [5.74, 6) is -0.919. The Labute approximate surface area is 206 Å². The van der Waals surface area contributed by atoms with Gasteiger partial charge in [0.1, 0.15) is 14.7 Å². The highest BCUT2D eigenvalue weighted by Gasteiger charge is 2.60. The lowest BCUT2D eigenvalue weighted by Gasteiger charge is -2.49. The first-order valence-electron chi connectivity index (χ1n) is 12.1. The average molecular weight is 514 g/mol. The molecule has 5 atom stereocenters. The van der Waals surface area contributed by atoms with E-state index in [4.69, 9.17) is 14.1 Å². The molecule has 0 radical (unpaired) electrons. The number of nitrogens with zero attached hydrogens (tertiary/aromatic N) is 2. The maximum absolute atomic E-state index is 13.4. The largest absolute Gasteiger partial charge is 0.465 e. The van der Waals surface area contributed by atoms with Crippen LogP contribution in [-0.2, 0) is 18.5 Å². The highest BCUT2D eigenvalue weighted by molar-refractivity contribution is 7.32. The van der Waals surface area contributed by atoms with Crippen molar-refractivity contribution >= 4 is 43.2 Å². The summed E-state index contributed by atoms with van der Waals surface area (Å²) in [6.45, 7) is 11.7. The van der Waals surface area contributed by atoms with Crippen LogP contribution in [-0.4, -0.2) is 88.0 Å². The summed E-state index contributed by atoms with van der Waals surface area (Å²) >= 11 is 0. The zero-order valence-electron chi connectivity index (χ0n) is 21.4. The molecule has 3 N–H and O–H groups in total. The van der Waals surface area contributed by atoms with Gasteiger partial charge in [-0.2, -0.15) is 0 Å². The van der Waals surface area contributed by atoms with Crippen molar-refractivity contribution in [3.63, 3.8) is 0 Å². The van der Waals surface area contributed by atoms with Crippen LogP contribution >= 0.6 is 8.96 Å². The minimum atomic E-state index is -1.89. The number of nitrogens with one attached hydrogen (secondary N) is 2. The molecule has 2 aliphatic rings. The standard InChI is InChI=1S/C21H40BN4O6PSi/c1-7-34(8-2,9-3)32-14(5)16-17-13(4)15(12-25(6)11-10-23-21(29)30)18(26(17)19(16)27)20(28)31-33-24-22/h13-14,16-17,23-24,33H,7-12,22H2,1-6H3,(H,29,30)/t13-,14+,16+,17+/m0/s1. The molecule has 2 heterocycles. The first kappa shape index (κ1) is 28.8. The number of carbonyl (C=O) groups is 3. The molecule has 0 aromatic heterocycles. The summed E-state index contributed by atoms with van der Waals surface area (Å²) < 4.78 is 12.0. The molecule has 0 aromatic carbocycles. The van der Waals surface area contributed by atoms with Gasteiger partial charge in [-0.1, -0.05) is 27.7 Å². The fourth-order valence-corrected chi connectivity index (χ4v) is 8.39. The van der Waals surface area contributed by atoms with Crippen LogP contribution < -0.4 is 10.3 Å². The molecule has 0 spiro atoms. The van der Waals surface area contributed by atoms with Gasteiger partial charge in [0.2, 0.25) is 5.91 Å².